The molecule has 0 atom stereocenters. The van der Waals surface area contributed by atoms with Gasteiger partial charge in [0.15, 0.2) is 11.4 Å². The summed E-state index contributed by atoms with van der Waals surface area (Å²) in [7, 11) is 0. The predicted octanol–water partition coefficient (Wildman–Crippen LogP) is 5.29. The summed E-state index contributed by atoms with van der Waals surface area (Å²) in [4.78, 5) is 21.6. The molecule has 160 valence electrons. The van der Waals surface area contributed by atoms with Gasteiger partial charge in [-0.15, -0.1) is 0 Å². The summed E-state index contributed by atoms with van der Waals surface area (Å²) in [5.74, 6) is 1.33. The standard InChI is InChI=1S/C26H24N4O2/c1-19-12-13-23(25(29-19)26(31)28-16-14-20-8-4-2-5-9-20)32-22-15-17-27-24(18-22)30-21-10-6-3-7-11-21/h2-13,15,17-18H,14,16H2,1H3,(H,27,30)(H,28,31). The van der Waals surface area contributed by atoms with Crippen molar-refractivity contribution in [2.24, 2.45) is 0 Å². The number of hydrogen-bond acceptors (Lipinski definition) is 5. The van der Waals surface area contributed by atoms with Gasteiger partial charge in [0, 0.05) is 30.2 Å². The second kappa shape index (κ2) is 10.2. The number of carbonyl (C=O) groups is 1. The van der Waals surface area contributed by atoms with Crippen LogP contribution in [0, 0.1) is 6.92 Å². The number of amides is 1. The van der Waals surface area contributed by atoms with Gasteiger partial charge in [-0.3, -0.25) is 4.79 Å². The zero-order chi connectivity index (χ0) is 22.2. The molecule has 0 aliphatic rings. The molecule has 0 saturated carbocycles. The molecule has 6 heteroatoms. The number of carbonyl (C=O) groups excluding carboxylic acids is 1. The average molecular weight is 425 g/mol. The molecule has 0 unspecified atom stereocenters. The van der Waals surface area contributed by atoms with Gasteiger partial charge in [0.2, 0.25) is 0 Å². The van der Waals surface area contributed by atoms with E-state index in [1.54, 1.807) is 24.4 Å². The summed E-state index contributed by atoms with van der Waals surface area (Å²) < 4.78 is 6.03. The molecule has 2 aromatic heterocycles. The minimum atomic E-state index is -0.267. The number of nitrogens with zero attached hydrogens (tertiary/aromatic N) is 2. The fourth-order valence-electron chi connectivity index (χ4n) is 3.18. The number of benzene rings is 2. The molecule has 2 N–H and O–H groups in total. The molecular formula is C26H24N4O2. The van der Waals surface area contributed by atoms with Gasteiger partial charge in [-0.25, -0.2) is 9.97 Å². The van der Waals surface area contributed by atoms with E-state index in [9.17, 15) is 4.79 Å². The van der Waals surface area contributed by atoms with Crippen LogP contribution >= 0.6 is 0 Å². The highest BCUT2D eigenvalue weighted by Crippen LogP contribution is 2.27. The molecule has 4 rings (SSSR count). The lowest BCUT2D eigenvalue weighted by atomic mass is 10.1. The number of ether oxygens (including phenoxy) is 1. The Morgan fingerprint density at radius 1 is 0.938 bits per heavy atom. The summed E-state index contributed by atoms with van der Waals surface area (Å²) in [6.45, 7) is 2.36. The van der Waals surface area contributed by atoms with Crippen molar-refractivity contribution in [1.82, 2.24) is 15.3 Å². The van der Waals surface area contributed by atoms with Crippen molar-refractivity contribution in [3.8, 4) is 11.5 Å². The van der Waals surface area contributed by atoms with E-state index < -0.39 is 0 Å². The van der Waals surface area contributed by atoms with E-state index in [4.69, 9.17) is 4.74 Å². The van der Waals surface area contributed by atoms with Crippen LogP contribution in [0.4, 0.5) is 11.5 Å². The Morgan fingerprint density at radius 2 is 1.69 bits per heavy atom. The summed E-state index contributed by atoms with van der Waals surface area (Å²) in [5, 5.41) is 6.17. The van der Waals surface area contributed by atoms with Crippen molar-refractivity contribution < 1.29 is 9.53 Å². The molecule has 0 radical (unpaired) electrons. The Bertz CT molecular complexity index is 1180. The SMILES string of the molecule is Cc1ccc(Oc2ccnc(Nc3ccccc3)c2)c(C(=O)NCCc2ccccc2)n1. The number of rotatable bonds is 8. The quantitative estimate of drug-likeness (QED) is 0.402. The van der Waals surface area contributed by atoms with Gasteiger partial charge in [-0.05, 0) is 49.2 Å². The maximum absolute atomic E-state index is 12.8. The molecule has 2 heterocycles. The topological polar surface area (TPSA) is 76.1 Å². The van der Waals surface area contributed by atoms with Crippen molar-refractivity contribution >= 4 is 17.4 Å². The van der Waals surface area contributed by atoms with E-state index in [-0.39, 0.29) is 11.6 Å². The normalized spacial score (nSPS) is 10.4. The first-order valence-electron chi connectivity index (χ1n) is 10.4. The van der Waals surface area contributed by atoms with Crippen LogP contribution < -0.4 is 15.4 Å². The van der Waals surface area contributed by atoms with Gasteiger partial charge < -0.3 is 15.4 Å². The van der Waals surface area contributed by atoms with Gasteiger partial charge in [-0.1, -0.05) is 48.5 Å². The fraction of sp³-hybridized carbons (Fsp3) is 0.115. The molecule has 0 spiro atoms. The van der Waals surface area contributed by atoms with Crippen molar-refractivity contribution in [3.63, 3.8) is 0 Å². The maximum Gasteiger partial charge on any atom is 0.273 e. The molecule has 32 heavy (non-hydrogen) atoms. The van der Waals surface area contributed by atoms with Crippen LogP contribution in [0.2, 0.25) is 0 Å². The number of pyridine rings is 2. The fourth-order valence-corrected chi connectivity index (χ4v) is 3.18. The van der Waals surface area contributed by atoms with Crippen molar-refractivity contribution in [2.75, 3.05) is 11.9 Å². The Hall–Kier alpha value is -4.19. The first-order valence-corrected chi connectivity index (χ1v) is 10.4. The van der Waals surface area contributed by atoms with Crippen molar-refractivity contribution in [2.45, 2.75) is 13.3 Å². The highest BCUT2D eigenvalue weighted by atomic mass is 16.5. The summed E-state index contributed by atoms with van der Waals surface area (Å²) in [5.41, 5.74) is 3.09. The minimum Gasteiger partial charge on any atom is -0.455 e. The van der Waals surface area contributed by atoms with Crippen molar-refractivity contribution in [3.05, 3.63) is 108 Å². The lowest BCUT2D eigenvalue weighted by Crippen LogP contribution is -2.27. The van der Waals surface area contributed by atoms with E-state index in [1.165, 1.54) is 0 Å². The van der Waals surface area contributed by atoms with Gasteiger partial charge in [0.05, 0.1) is 0 Å². The van der Waals surface area contributed by atoms with Gasteiger partial charge in [0.1, 0.15) is 11.6 Å². The second-order valence-electron chi connectivity index (χ2n) is 7.26. The van der Waals surface area contributed by atoms with E-state index in [0.29, 0.717) is 23.9 Å². The summed E-state index contributed by atoms with van der Waals surface area (Å²) in [6, 6.07) is 26.9. The van der Waals surface area contributed by atoms with Crippen LogP contribution in [0.15, 0.2) is 91.1 Å². The van der Waals surface area contributed by atoms with E-state index in [1.807, 2.05) is 73.7 Å². The number of nitrogens with one attached hydrogen (secondary N) is 2. The molecule has 0 aliphatic carbocycles. The van der Waals surface area contributed by atoms with Crippen LogP contribution in [0.3, 0.4) is 0 Å². The Balaban J connectivity index is 1.46. The van der Waals surface area contributed by atoms with E-state index in [0.717, 1.165) is 23.4 Å². The number of para-hydroxylation sites is 1. The molecule has 0 bridgehead atoms. The maximum atomic E-state index is 12.8. The lowest BCUT2D eigenvalue weighted by Gasteiger charge is -2.12. The molecule has 1 amide bonds. The third-order valence-corrected chi connectivity index (χ3v) is 4.76. The first kappa shape index (κ1) is 21.1. The highest BCUT2D eigenvalue weighted by Gasteiger charge is 2.16. The second-order valence-corrected chi connectivity index (χ2v) is 7.26. The number of aryl methyl sites for hydroxylation is 1. The monoisotopic (exact) mass is 424 g/mol. The van der Waals surface area contributed by atoms with E-state index >= 15 is 0 Å². The zero-order valence-corrected chi connectivity index (χ0v) is 17.8. The van der Waals surface area contributed by atoms with Crippen LogP contribution in [0.5, 0.6) is 11.5 Å². The Kier molecular flexibility index (Phi) is 6.72. The van der Waals surface area contributed by atoms with Gasteiger partial charge in [0.25, 0.3) is 5.91 Å². The molecule has 6 nitrogen and oxygen atoms in total. The third-order valence-electron chi connectivity index (χ3n) is 4.76. The lowest BCUT2D eigenvalue weighted by molar-refractivity contribution is 0.0946. The van der Waals surface area contributed by atoms with Crippen LogP contribution in [-0.4, -0.2) is 22.4 Å². The third kappa shape index (κ3) is 5.70. The summed E-state index contributed by atoms with van der Waals surface area (Å²) in [6.07, 6.45) is 2.40. The van der Waals surface area contributed by atoms with Crippen LogP contribution in [-0.2, 0) is 6.42 Å². The molecule has 0 aliphatic heterocycles. The molecule has 0 fully saturated rings. The highest BCUT2D eigenvalue weighted by molar-refractivity contribution is 5.95. The van der Waals surface area contributed by atoms with Crippen molar-refractivity contribution in [1.29, 1.82) is 0 Å². The average Bonchev–Trinajstić information content (AvgIpc) is 2.82. The predicted molar refractivity (Wildman–Crippen MR) is 125 cm³/mol. The van der Waals surface area contributed by atoms with Crippen LogP contribution in [0.1, 0.15) is 21.7 Å². The van der Waals surface area contributed by atoms with Gasteiger partial charge >= 0.3 is 0 Å². The van der Waals surface area contributed by atoms with Gasteiger partial charge in [-0.2, -0.15) is 0 Å². The molecule has 4 aromatic rings. The molecule has 2 aromatic carbocycles. The van der Waals surface area contributed by atoms with Crippen LogP contribution in [0.25, 0.3) is 0 Å². The Morgan fingerprint density at radius 3 is 2.47 bits per heavy atom. The minimum absolute atomic E-state index is 0.257. The Labute approximate surface area is 187 Å². The number of anilines is 2. The smallest absolute Gasteiger partial charge is 0.273 e. The molecule has 0 saturated heterocycles. The number of hydrogen-bond donors (Lipinski definition) is 2. The number of aromatic nitrogens is 2. The zero-order valence-electron chi connectivity index (χ0n) is 17.8. The van der Waals surface area contributed by atoms with E-state index in [2.05, 4.69) is 20.6 Å². The first-order chi connectivity index (χ1) is 15.7. The summed E-state index contributed by atoms with van der Waals surface area (Å²) >= 11 is 0. The largest absolute Gasteiger partial charge is 0.455 e. The molecular weight excluding hydrogens is 400 g/mol.